The van der Waals surface area contributed by atoms with Crippen LogP contribution in [0.25, 0.3) is 0 Å². The van der Waals surface area contributed by atoms with Gasteiger partial charge in [0.05, 0.1) is 12.6 Å². The molecule has 1 aliphatic heterocycles. The molecule has 2 atom stereocenters. The predicted molar refractivity (Wildman–Crippen MR) is 141 cm³/mol. The summed E-state index contributed by atoms with van der Waals surface area (Å²) in [5, 5.41) is 7.85. The van der Waals surface area contributed by atoms with E-state index in [0.717, 1.165) is 31.6 Å². The van der Waals surface area contributed by atoms with Crippen LogP contribution in [0.3, 0.4) is 0 Å². The zero-order valence-electron chi connectivity index (χ0n) is 23.7. The molecule has 213 valence electrons. The summed E-state index contributed by atoms with van der Waals surface area (Å²) in [4.78, 5) is 62.3. The van der Waals surface area contributed by atoms with Crippen molar-refractivity contribution in [3.8, 4) is 0 Å². The molecule has 1 radical (unpaired) electrons. The number of nitrogens with two attached hydrogens (primary N) is 1. The Morgan fingerprint density at radius 3 is 2.03 bits per heavy atom. The van der Waals surface area contributed by atoms with Gasteiger partial charge in [0.25, 0.3) is 5.91 Å². The smallest absolute Gasteiger partial charge is 0.315 e. The average Bonchev–Trinajstić information content (AvgIpc) is 3.17. The van der Waals surface area contributed by atoms with E-state index in [-0.39, 0.29) is 38.4 Å². The molecule has 11 heteroatoms. The van der Waals surface area contributed by atoms with Crippen molar-refractivity contribution >= 4 is 29.5 Å². The van der Waals surface area contributed by atoms with Crippen molar-refractivity contribution in [3.63, 3.8) is 0 Å². The fourth-order valence-electron chi connectivity index (χ4n) is 3.87. The minimum atomic E-state index is -1.08. The molecule has 0 aromatic heterocycles. The maximum atomic E-state index is 12.8. The SMILES string of the molecule is CC(C)(C)NC(=O)NCC(=O)N1CCC[C@H]1C(=O)NC(CCC1CCC1)C(=O)C(N)=O.CC(C)C.[CH3-].[V]. The summed E-state index contributed by atoms with van der Waals surface area (Å²) in [6.07, 6.45) is 5.52. The molecule has 2 rings (SSSR count). The van der Waals surface area contributed by atoms with E-state index < -0.39 is 41.3 Å². The molecule has 1 saturated heterocycles. The second-order valence-electron chi connectivity index (χ2n) is 11.2. The Morgan fingerprint density at radius 2 is 1.57 bits per heavy atom. The first kappa shape index (κ1) is 37.1. The molecule has 5 N–H and O–H groups in total. The zero-order valence-corrected chi connectivity index (χ0v) is 25.1. The van der Waals surface area contributed by atoms with Crippen molar-refractivity contribution in [1.82, 2.24) is 20.9 Å². The van der Waals surface area contributed by atoms with Crippen molar-refractivity contribution in [2.75, 3.05) is 13.1 Å². The van der Waals surface area contributed by atoms with Gasteiger partial charge in [-0.05, 0) is 58.3 Å². The van der Waals surface area contributed by atoms with Crippen molar-refractivity contribution < 1.29 is 42.5 Å². The van der Waals surface area contributed by atoms with E-state index in [1.807, 2.05) is 20.8 Å². The van der Waals surface area contributed by atoms with Crippen molar-refractivity contribution in [2.45, 2.75) is 104 Å². The number of ketones is 1. The molecule has 0 aromatic carbocycles. The summed E-state index contributed by atoms with van der Waals surface area (Å²) < 4.78 is 0. The molecular weight excluding hydrogens is 513 g/mol. The summed E-state index contributed by atoms with van der Waals surface area (Å²) >= 11 is 0. The van der Waals surface area contributed by atoms with Gasteiger partial charge >= 0.3 is 6.03 Å². The molecule has 0 spiro atoms. The average molecular weight is 562 g/mol. The van der Waals surface area contributed by atoms with Gasteiger partial charge in [-0.1, -0.05) is 40.0 Å². The van der Waals surface area contributed by atoms with Crippen molar-refractivity contribution in [2.24, 2.45) is 17.6 Å². The molecule has 1 heterocycles. The van der Waals surface area contributed by atoms with Crippen LogP contribution in [0.5, 0.6) is 0 Å². The quantitative estimate of drug-likeness (QED) is 0.252. The number of nitrogens with one attached hydrogen (secondary N) is 3. The molecule has 1 saturated carbocycles. The summed E-state index contributed by atoms with van der Waals surface area (Å²) in [5.41, 5.74) is 4.72. The monoisotopic (exact) mass is 561 g/mol. The van der Waals surface area contributed by atoms with Crippen LogP contribution in [0.15, 0.2) is 0 Å². The van der Waals surface area contributed by atoms with E-state index >= 15 is 0 Å². The minimum Gasteiger partial charge on any atom is -0.363 e. The first-order valence-corrected chi connectivity index (χ1v) is 12.7. The number of Topliss-reactive ketones (excluding diaryl/α,β-unsaturated/α-hetero) is 1. The molecule has 10 nitrogen and oxygen atoms in total. The molecule has 1 aliphatic carbocycles. The van der Waals surface area contributed by atoms with Crippen LogP contribution in [-0.4, -0.2) is 65.1 Å². The van der Waals surface area contributed by atoms with Crippen LogP contribution in [-0.2, 0) is 37.7 Å². The second kappa shape index (κ2) is 17.4. The van der Waals surface area contributed by atoms with Crippen molar-refractivity contribution in [3.05, 3.63) is 7.43 Å². The van der Waals surface area contributed by atoms with Crippen molar-refractivity contribution in [1.29, 1.82) is 0 Å². The molecule has 2 aliphatic rings. The molecule has 37 heavy (non-hydrogen) atoms. The first-order chi connectivity index (χ1) is 16.2. The van der Waals surface area contributed by atoms with Crippen LogP contribution < -0.4 is 21.7 Å². The molecule has 5 amide bonds. The largest absolute Gasteiger partial charge is 0.363 e. The third-order valence-corrected chi connectivity index (χ3v) is 5.73. The fourth-order valence-corrected chi connectivity index (χ4v) is 3.87. The number of carbonyl (C=O) groups excluding carboxylic acids is 5. The van der Waals surface area contributed by atoms with E-state index in [1.165, 1.54) is 4.90 Å². The minimum absolute atomic E-state index is 0. The van der Waals surface area contributed by atoms with Gasteiger partial charge in [-0.15, -0.1) is 0 Å². The number of hydrogen-bond acceptors (Lipinski definition) is 5. The number of nitrogens with zero attached hydrogens (tertiary/aromatic N) is 1. The summed E-state index contributed by atoms with van der Waals surface area (Å²) in [5.74, 6) is -1.40. The Labute approximate surface area is 234 Å². The second-order valence-corrected chi connectivity index (χ2v) is 11.2. The number of primary amides is 1. The van der Waals surface area contributed by atoms with Crippen LogP contribution in [0, 0.1) is 19.3 Å². The van der Waals surface area contributed by atoms with E-state index in [1.54, 1.807) is 0 Å². The van der Waals surface area contributed by atoms with E-state index in [0.29, 0.717) is 31.7 Å². The van der Waals surface area contributed by atoms with Gasteiger partial charge < -0.3 is 34.0 Å². The number of hydrogen-bond donors (Lipinski definition) is 4. The Balaban J connectivity index is 0. The normalized spacial score (nSPS) is 17.6. The van der Waals surface area contributed by atoms with Crippen LogP contribution in [0.1, 0.15) is 86.5 Å². The number of amides is 5. The first-order valence-electron chi connectivity index (χ1n) is 12.7. The van der Waals surface area contributed by atoms with Gasteiger partial charge in [-0.3, -0.25) is 19.2 Å². The fraction of sp³-hybridized carbons (Fsp3) is 0.769. The van der Waals surface area contributed by atoms with Gasteiger partial charge in [-0.25, -0.2) is 4.79 Å². The molecule has 0 bridgehead atoms. The zero-order chi connectivity index (χ0) is 26.8. The molecule has 0 aromatic rings. The Bertz CT molecular complexity index is 762. The van der Waals surface area contributed by atoms with Crippen LogP contribution in [0.4, 0.5) is 4.79 Å². The Morgan fingerprint density at radius 1 is 1.00 bits per heavy atom. The summed E-state index contributed by atoms with van der Waals surface area (Å²) in [6, 6.07) is -2.19. The third kappa shape index (κ3) is 14.5. The number of urea groups is 1. The Kier molecular flexibility index (Phi) is 17.5. The molecule has 2 fully saturated rings. The van der Waals surface area contributed by atoms with Gasteiger partial charge in [0.1, 0.15) is 6.04 Å². The number of rotatable bonds is 9. The molecule has 1 unspecified atom stereocenters. The Hall–Kier alpha value is -2.07. The van der Waals surface area contributed by atoms with Crippen LogP contribution >= 0.6 is 0 Å². The number of carbonyl (C=O) groups is 5. The van der Waals surface area contributed by atoms with E-state index in [2.05, 4.69) is 36.7 Å². The van der Waals surface area contributed by atoms with Gasteiger partial charge in [0.15, 0.2) is 0 Å². The number of likely N-dealkylation sites (tertiary alicyclic amines) is 1. The predicted octanol–water partition coefficient (Wildman–Crippen LogP) is 2.30. The maximum Gasteiger partial charge on any atom is 0.315 e. The summed E-state index contributed by atoms with van der Waals surface area (Å²) in [7, 11) is 0. The van der Waals surface area contributed by atoms with Gasteiger partial charge in [0, 0.05) is 30.6 Å². The van der Waals surface area contributed by atoms with Crippen LogP contribution in [0.2, 0.25) is 0 Å². The van der Waals surface area contributed by atoms with E-state index in [9.17, 15) is 24.0 Å². The molecular formula is C26H48N5O5V-. The maximum absolute atomic E-state index is 12.8. The summed E-state index contributed by atoms with van der Waals surface area (Å²) in [6.45, 7) is 12.1. The third-order valence-electron chi connectivity index (χ3n) is 5.73. The topological polar surface area (TPSA) is 151 Å². The van der Waals surface area contributed by atoms with Gasteiger partial charge in [0.2, 0.25) is 17.6 Å². The van der Waals surface area contributed by atoms with E-state index in [4.69, 9.17) is 5.73 Å². The van der Waals surface area contributed by atoms with Gasteiger partial charge in [-0.2, -0.15) is 0 Å². The standard InChI is InChI=1S/C21H35N5O5.C4H10.CH3.V/c1-21(2,3)25-20(31)23-12-16(27)26-11-5-8-15(26)19(30)24-14(17(28)18(22)29)10-9-13-6-4-7-13;1-4(2)3;;/h13-15H,4-12H2,1-3H3,(H2,22,29)(H,24,30)(H2,23,25,31);4H,1-3H3;1H3;/q;;-1;/t14?,15-;;;/m0.../s1.